The second-order valence-electron chi connectivity index (χ2n) is 10.2. The molecule has 1 saturated carbocycles. The van der Waals surface area contributed by atoms with Crippen molar-refractivity contribution in [3.05, 3.63) is 88.4 Å². The highest BCUT2D eigenvalue weighted by atomic mass is 35.5. The zero-order valence-corrected chi connectivity index (χ0v) is 26.0. The maximum atomic E-state index is 14.2. The fraction of sp³-hybridized carbons (Fsp3) is 0.355. The van der Waals surface area contributed by atoms with Crippen LogP contribution in [0.25, 0.3) is 0 Å². The van der Waals surface area contributed by atoms with E-state index in [1.165, 1.54) is 24.1 Å². The van der Waals surface area contributed by atoms with Crippen LogP contribution in [-0.2, 0) is 26.2 Å². The first-order valence-corrected chi connectivity index (χ1v) is 16.1. The Bertz CT molecular complexity index is 1460. The standard InChI is InChI=1S/C31H35Cl2N3O5S/c1-3-29(31(38)34-25-6-4-5-7-25)35(20-22-8-10-23(32)11-9-22)30(37)21-36(26-14-12-24(33)13-15-26)42(39,40)28-18-16-27(41-2)17-19-28/h8-19,25,29H,3-7,20-21H2,1-2H3,(H,34,38)/t29-/m0/s1. The number of benzene rings is 3. The molecule has 8 nitrogen and oxygen atoms in total. The number of anilines is 1. The average molecular weight is 633 g/mol. The Balaban J connectivity index is 1.70. The van der Waals surface area contributed by atoms with Crippen molar-refractivity contribution in [2.75, 3.05) is 18.0 Å². The lowest BCUT2D eigenvalue weighted by molar-refractivity contribution is -0.140. The highest BCUT2D eigenvalue weighted by molar-refractivity contribution is 7.92. The molecule has 0 bridgehead atoms. The van der Waals surface area contributed by atoms with Crippen LogP contribution < -0.4 is 14.4 Å². The third-order valence-electron chi connectivity index (χ3n) is 7.39. The summed E-state index contributed by atoms with van der Waals surface area (Å²) in [6, 6.07) is 18.4. The van der Waals surface area contributed by atoms with Gasteiger partial charge in [-0.1, -0.05) is 55.1 Å². The summed E-state index contributed by atoms with van der Waals surface area (Å²) in [4.78, 5) is 29.1. The molecule has 1 atom stereocenters. The van der Waals surface area contributed by atoms with E-state index in [4.69, 9.17) is 27.9 Å². The van der Waals surface area contributed by atoms with Crippen molar-refractivity contribution >= 4 is 50.7 Å². The topological polar surface area (TPSA) is 96.0 Å². The summed E-state index contributed by atoms with van der Waals surface area (Å²) in [6.07, 6.45) is 4.25. The molecule has 0 saturated heterocycles. The Morgan fingerprint density at radius 2 is 1.50 bits per heavy atom. The molecule has 11 heteroatoms. The summed E-state index contributed by atoms with van der Waals surface area (Å²) in [5.41, 5.74) is 1.02. The van der Waals surface area contributed by atoms with Gasteiger partial charge in [-0.25, -0.2) is 8.42 Å². The van der Waals surface area contributed by atoms with Crippen LogP contribution in [0.1, 0.15) is 44.6 Å². The van der Waals surface area contributed by atoms with Crippen molar-refractivity contribution in [2.45, 2.75) is 62.6 Å². The van der Waals surface area contributed by atoms with E-state index in [1.807, 2.05) is 6.92 Å². The maximum absolute atomic E-state index is 14.2. The first-order chi connectivity index (χ1) is 20.1. The summed E-state index contributed by atoms with van der Waals surface area (Å²) >= 11 is 12.2. The van der Waals surface area contributed by atoms with E-state index in [0.717, 1.165) is 35.6 Å². The van der Waals surface area contributed by atoms with Gasteiger partial charge in [-0.15, -0.1) is 0 Å². The lowest BCUT2D eigenvalue weighted by atomic mass is 10.1. The molecule has 3 aromatic rings. The predicted octanol–water partition coefficient (Wildman–Crippen LogP) is 6.06. The summed E-state index contributed by atoms with van der Waals surface area (Å²) in [5, 5.41) is 4.07. The van der Waals surface area contributed by atoms with Gasteiger partial charge in [-0.05, 0) is 85.5 Å². The monoisotopic (exact) mass is 631 g/mol. The van der Waals surface area contributed by atoms with Crippen LogP contribution in [0, 0.1) is 0 Å². The highest BCUT2D eigenvalue weighted by Crippen LogP contribution is 2.27. The summed E-state index contributed by atoms with van der Waals surface area (Å²) in [6.45, 7) is 1.41. The number of hydrogen-bond donors (Lipinski definition) is 1. The molecule has 0 aliphatic heterocycles. The molecule has 2 amide bonds. The van der Waals surface area contributed by atoms with Crippen LogP contribution in [0.3, 0.4) is 0 Å². The van der Waals surface area contributed by atoms with Crippen LogP contribution in [0.5, 0.6) is 5.75 Å². The number of sulfonamides is 1. The van der Waals surface area contributed by atoms with Crippen molar-refractivity contribution < 1.29 is 22.7 Å². The quantitative estimate of drug-likeness (QED) is 0.262. The number of methoxy groups -OCH3 is 1. The minimum absolute atomic E-state index is 0.0127. The molecule has 4 rings (SSSR count). The Morgan fingerprint density at radius 1 is 0.929 bits per heavy atom. The smallest absolute Gasteiger partial charge is 0.264 e. The minimum atomic E-state index is -4.20. The third kappa shape index (κ3) is 7.76. The SMILES string of the molecule is CC[C@@H](C(=O)NC1CCCC1)N(Cc1ccc(Cl)cc1)C(=O)CN(c1ccc(Cl)cc1)S(=O)(=O)c1ccc(OC)cc1. The highest BCUT2D eigenvalue weighted by Gasteiger charge is 2.34. The Morgan fingerprint density at radius 3 is 2.05 bits per heavy atom. The number of carbonyl (C=O) groups is 2. The molecule has 0 heterocycles. The average Bonchev–Trinajstić information content (AvgIpc) is 3.50. The molecule has 224 valence electrons. The molecule has 1 fully saturated rings. The lowest BCUT2D eigenvalue weighted by Gasteiger charge is -2.33. The van der Waals surface area contributed by atoms with E-state index in [1.54, 1.807) is 60.7 Å². The molecule has 1 aliphatic rings. The Hall–Kier alpha value is -3.27. The fourth-order valence-corrected chi connectivity index (χ4v) is 6.75. The number of rotatable bonds is 12. The van der Waals surface area contributed by atoms with Crippen LogP contribution in [-0.4, -0.2) is 50.9 Å². The van der Waals surface area contributed by atoms with Gasteiger partial charge in [0.05, 0.1) is 17.7 Å². The molecule has 0 spiro atoms. The van der Waals surface area contributed by atoms with Gasteiger partial charge in [0.1, 0.15) is 18.3 Å². The van der Waals surface area contributed by atoms with E-state index in [-0.39, 0.29) is 29.1 Å². The number of halogens is 2. The molecule has 42 heavy (non-hydrogen) atoms. The summed E-state index contributed by atoms with van der Waals surface area (Å²) < 4.78 is 34.1. The number of ether oxygens (including phenoxy) is 1. The zero-order chi connectivity index (χ0) is 30.3. The number of nitrogens with one attached hydrogen (secondary N) is 1. The van der Waals surface area contributed by atoms with Crippen molar-refractivity contribution in [1.82, 2.24) is 10.2 Å². The molecular weight excluding hydrogens is 597 g/mol. The zero-order valence-electron chi connectivity index (χ0n) is 23.6. The third-order valence-corrected chi connectivity index (χ3v) is 9.69. The minimum Gasteiger partial charge on any atom is -0.497 e. The molecule has 0 unspecified atom stereocenters. The molecular formula is C31H35Cl2N3O5S. The van der Waals surface area contributed by atoms with E-state index in [9.17, 15) is 18.0 Å². The fourth-order valence-electron chi connectivity index (χ4n) is 5.08. The van der Waals surface area contributed by atoms with Crippen LogP contribution in [0.4, 0.5) is 5.69 Å². The van der Waals surface area contributed by atoms with Gasteiger partial charge in [0.15, 0.2) is 0 Å². The Labute approximate surface area is 257 Å². The molecule has 1 N–H and O–H groups in total. The second-order valence-corrected chi connectivity index (χ2v) is 13.0. The normalized spacial score (nSPS) is 14.3. The molecule has 0 aromatic heterocycles. The summed E-state index contributed by atoms with van der Waals surface area (Å²) in [7, 11) is -2.71. The van der Waals surface area contributed by atoms with Crippen LogP contribution in [0.2, 0.25) is 10.0 Å². The van der Waals surface area contributed by atoms with Gasteiger partial charge in [0.25, 0.3) is 10.0 Å². The van der Waals surface area contributed by atoms with Gasteiger partial charge in [-0.2, -0.15) is 0 Å². The van der Waals surface area contributed by atoms with Crippen molar-refractivity contribution in [3.63, 3.8) is 0 Å². The van der Waals surface area contributed by atoms with Crippen molar-refractivity contribution in [1.29, 1.82) is 0 Å². The van der Waals surface area contributed by atoms with Gasteiger partial charge >= 0.3 is 0 Å². The van der Waals surface area contributed by atoms with Gasteiger partial charge in [0, 0.05) is 22.6 Å². The van der Waals surface area contributed by atoms with Gasteiger partial charge in [-0.3, -0.25) is 13.9 Å². The van der Waals surface area contributed by atoms with Crippen molar-refractivity contribution in [3.8, 4) is 5.75 Å². The maximum Gasteiger partial charge on any atom is 0.264 e. The van der Waals surface area contributed by atoms with Gasteiger partial charge < -0.3 is 15.0 Å². The largest absolute Gasteiger partial charge is 0.497 e. The van der Waals surface area contributed by atoms with Crippen LogP contribution in [0.15, 0.2) is 77.7 Å². The molecule has 3 aromatic carbocycles. The number of nitrogens with zero attached hydrogens (tertiary/aromatic N) is 2. The van der Waals surface area contributed by atoms with E-state index in [0.29, 0.717) is 22.2 Å². The van der Waals surface area contributed by atoms with E-state index >= 15 is 0 Å². The first kappa shape index (κ1) is 31.7. The molecule has 1 aliphatic carbocycles. The van der Waals surface area contributed by atoms with Crippen LogP contribution >= 0.6 is 23.2 Å². The number of amides is 2. The number of carbonyl (C=O) groups excluding carboxylic acids is 2. The van der Waals surface area contributed by atoms with Crippen molar-refractivity contribution in [2.24, 2.45) is 0 Å². The molecule has 0 radical (unpaired) electrons. The second kappa shape index (κ2) is 14.3. The predicted molar refractivity (Wildman–Crippen MR) is 165 cm³/mol. The summed E-state index contributed by atoms with van der Waals surface area (Å²) in [5.74, 6) is -0.274. The lowest BCUT2D eigenvalue weighted by Crippen LogP contribution is -2.53. The Kier molecular flexibility index (Phi) is 10.8. The van der Waals surface area contributed by atoms with E-state index in [2.05, 4.69) is 5.32 Å². The number of hydrogen-bond acceptors (Lipinski definition) is 5. The van der Waals surface area contributed by atoms with Gasteiger partial charge in [0.2, 0.25) is 11.8 Å². The first-order valence-electron chi connectivity index (χ1n) is 13.9. The van der Waals surface area contributed by atoms with E-state index < -0.39 is 28.5 Å².